The molecule has 0 fully saturated rings. The summed E-state index contributed by atoms with van der Waals surface area (Å²) in [5.74, 6) is 0. The average molecular weight is 831 g/mol. The van der Waals surface area contributed by atoms with Crippen LogP contribution in [0.25, 0.3) is 33.4 Å². The lowest BCUT2D eigenvalue weighted by Gasteiger charge is -2.47. The van der Waals surface area contributed by atoms with E-state index in [1.54, 1.807) is 0 Å². The summed E-state index contributed by atoms with van der Waals surface area (Å²) in [6.07, 6.45) is 0. The van der Waals surface area contributed by atoms with Gasteiger partial charge >= 0.3 is 0 Å². The minimum Gasteiger partial charge on any atom is -0.314 e. The van der Waals surface area contributed by atoms with Crippen LogP contribution in [-0.4, -0.2) is 6.71 Å². The smallest absolute Gasteiger partial charge is 0.249 e. The summed E-state index contributed by atoms with van der Waals surface area (Å²) < 4.78 is 0. The first kappa shape index (κ1) is 40.5. The van der Waals surface area contributed by atoms with Gasteiger partial charge in [-0.15, -0.1) is 0 Å². The molecule has 0 aromatic heterocycles. The fraction of sp³-hybridized carbons (Fsp3) is 0.246. The first-order chi connectivity index (χ1) is 30.4. The number of rotatable bonds is 4. The zero-order valence-electron chi connectivity index (χ0n) is 39.5. The van der Waals surface area contributed by atoms with Gasteiger partial charge < -0.3 is 9.80 Å². The predicted molar refractivity (Wildman–Crippen MR) is 275 cm³/mol. The van der Waals surface area contributed by atoms with E-state index >= 15 is 0 Å². The average Bonchev–Trinajstić information content (AvgIpc) is 3.65. The number of anilines is 4. The van der Waals surface area contributed by atoms with Crippen LogP contribution < -0.4 is 15.3 Å². The number of para-hydroxylation sites is 1. The quantitative estimate of drug-likeness (QED) is 0.163. The van der Waals surface area contributed by atoms with Gasteiger partial charge in [-0.3, -0.25) is 0 Å². The van der Waals surface area contributed by atoms with Gasteiger partial charge in [-0.1, -0.05) is 190 Å². The van der Waals surface area contributed by atoms with Gasteiger partial charge in [-0.05, 0) is 127 Å². The van der Waals surface area contributed by atoms with Crippen LogP contribution >= 0.6 is 0 Å². The SMILES string of the molecule is Cc1cc2c3c(c1)N(c1cccc(-c4ccc(C(C)(C)C)cc4)c1)C1=C(B3C3=C(c4cc(-c5ccc(C(C)(C)C)cc5)ccc4C3(C)C)N2c2ccccc2)c2ccccc2C1(C)C. The Morgan fingerprint density at radius 1 is 0.453 bits per heavy atom. The van der Waals surface area contributed by atoms with Gasteiger partial charge in [0.25, 0.3) is 0 Å². The minimum absolute atomic E-state index is 0.0415. The second-order valence-electron chi connectivity index (χ2n) is 21.9. The maximum absolute atomic E-state index is 2.66. The van der Waals surface area contributed by atoms with Crippen LogP contribution in [0.4, 0.5) is 22.7 Å². The van der Waals surface area contributed by atoms with E-state index in [4.69, 9.17) is 0 Å². The largest absolute Gasteiger partial charge is 0.314 e. The van der Waals surface area contributed by atoms with Crippen LogP contribution in [0.1, 0.15) is 108 Å². The molecule has 0 saturated carbocycles. The van der Waals surface area contributed by atoms with Crippen molar-refractivity contribution in [3.63, 3.8) is 0 Å². The fourth-order valence-corrected chi connectivity index (χ4v) is 11.7. The van der Waals surface area contributed by atoms with Crippen molar-refractivity contribution in [3.05, 3.63) is 208 Å². The second-order valence-corrected chi connectivity index (χ2v) is 21.9. The van der Waals surface area contributed by atoms with Crippen molar-refractivity contribution in [2.24, 2.45) is 0 Å². The van der Waals surface area contributed by atoms with Gasteiger partial charge in [0.05, 0.1) is 0 Å². The standard InChI is InChI=1S/C61H59BN2/c1-38-34-51-54-52(35-38)64(46-21-17-18-41(36-46)39-24-29-43(30-25-39)58(2,3)4)57-53(47-22-15-16-23-49(47)61(57,10)11)62(54)56-55(63(51)45-19-13-12-14-20-45)48-37-42(28-33-50(48)60(56,8)9)40-26-31-44(32-27-40)59(5,6)7/h12-37H,1-11H3. The Kier molecular flexibility index (Phi) is 8.75. The van der Waals surface area contributed by atoms with Crippen molar-refractivity contribution in [2.75, 3.05) is 9.80 Å². The van der Waals surface area contributed by atoms with Crippen molar-refractivity contribution in [2.45, 2.75) is 97.8 Å². The molecule has 0 bridgehead atoms. The van der Waals surface area contributed by atoms with Crippen LogP contribution in [-0.2, 0) is 21.7 Å². The van der Waals surface area contributed by atoms with E-state index in [1.165, 1.54) is 112 Å². The van der Waals surface area contributed by atoms with Crippen LogP contribution in [0, 0.1) is 6.92 Å². The molecule has 7 aromatic rings. The highest BCUT2D eigenvalue weighted by molar-refractivity contribution is 6.99. The Morgan fingerprint density at radius 3 is 1.61 bits per heavy atom. The third kappa shape index (κ3) is 5.92. The van der Waals surface area contributed by atoms with E-state index in [-0.39, 0.29) is 28.4 Å². The van der Waals surface area contributed by atoms with E-state index in [0.29, 0.717) is 0 Å². The van der Waals surface area contributed by atoms with E-state index in [0.717, 1.165) is 0 Å². The van der Waals surface area contributed by atoms with Crippen LogP contribution in [0.2, 0.25) is 0 Å². The van der Waals surface area contributed by atoms with Crippen LogP contribution in [0.3, 0.4) is 0 Å². The Bertz CT molecular complexity index is 3110. The first-order valence-corrected chi connectivity index (χ1v) is 23.3. The summed E-state index contributed by atoms with van der Waals surface area (Å²) in [7, 11) is 0. The zero-order chi connectivity index (χ0) is 44.7. The summed E-state index contributed by atoms with van der Waals surface area (Å²) in [4.78, 5) is 5.29. The molecule has 2 aliphatic heterocycles. The predicted octanol–water partition coefficient (Wildman–Crippen LogP) is 15.4. The number of benzene rings is 7. The van der Waals surface area contributed by atoms with E-state index in [9.17, 15) is 0 Å². The van der Waals surface area contributed by atoms with E-state index < -0.39 is 0 Å². The number of nitrogens with zero attached hydrogens (tertiary/aromatic N) is 2. The highest BCUT2D eigenvalue weighted by Crippen LogP contribution is 2.62. The Balaban J connectivity index is 1.19. The van der Waals surface area contributed by atoms with E-state index in [1.807, 2.05) is 0 Å². The normalized spacial score (nSPS) is 16.7. The summed E-state index contributed by atoms with van der Waals surface area (Å²) in [5, 5.41) is 0. The van der Waals surface area contributed by atoms with Crippen molar-refractivity contribution < 1.29 is 0 Å². The highest BCUT2D eigenvalue weighted by atomic mass is 15.2. The van der Waals surface area contributed by atoms with Gasteiger partial charge in [0, 0.05) is 50.5 Å². The lowest BCUT2D eigenvalue weighted by molar-refractivity contribution is 0.590. The maximum atomic E-state index is 2.66. The van der Waals surface area contributed by atoms with Crippen LogP contribution in [0.15, 0.2) is 169 Å². The molecule has 0 saturated heterocycles. The van der Waals surface area contributed by atoms with Gasteiger partial charge in [0.15, 0.2) is 0 Å². The minimum atomic E-state index is -0.267. The molecule has 0 N–H and O–H groups in total. The molecular formula is C61H59BN2. The molecule has 2 aliphatic carbocycles. The molecule has 2 heterocycles. The molecule has 0 spiro atoms. The molecular weight excluding hydrogens is 771 g/mol. The number of aryl methyl sites for hydroxylation is 1. The molecule has 4 aliphatic rings. The fourth-order valence-electron chi connectivity index (χ4n) is 11.7. The molecule has 0 radical (unpaired) electrons. The highest BCUT2D eigenvalue weighted by Gasteiger charge is 2.57. The van der Waals surface area contributed by atoms with Gasteiger partial charge in [0.1, 0.15) is 0 Å². The molecule has 3 heteroatoms. The second kappa shape index (κ2) is 13.8. The number of fused-ring (bicyclic) bond motifs is 6. The first-order valence-electron chi connectivity index (χ1n) is 23.3. The molecule has 64 heavy (non-hydrogen) atoms. The van der Waals surface area contributed by atoms with Gasteiger partial charge in [-0.25, -0.2) is 0 Å². The maximum Gasteiger partial charge on any atom is 0.249 e. The Labute approximate surface area is 382 Å². The molecule has 0 amide bonds. The van der Waals surface area contributed by atoms with Gasteiger partial charge in [-0.2, -0.15) is 0 Å². The number of hydrogen-bond donors (Lipinski definition) is 0. The molecule has 11 rings (SSSR count). The van der Waals surface area contributed by atoms with Crippen molar-refractivity contribution in [1.29, 1.82) is 0 Å². The molecule has 0 unspecified atom stereocenters. The summed E-state index contributed by atoms with van der Waals surface area (Å²) in [6.45, 7) is 25.9. The molecule has 7 aromatic carbocycles. The topological polar surface area (TPSA) is 6.48 Å². The van der Waals surface area contributed by atoms with Crippen molar-refractivity contribution in [1.82, 2.24) is 0 Å². The van der Waals surface area contributed by atoms with Crippen molar-refractivity contribution >= 4 is 46.1 Å². The lowest BCUT2D eigenvalue weighted by Crippen LogP contribution is -2.52. The Hall–Kier alpha value is -6.32. The molecule has 0 atom stereocenters. The van der Waals surface area contributed by atoms with Crippen molar-refractivity contribution in [3.8, 4) is 22.3 Å². The van der Waals surface area contributed by atoms with E-state index in [2.05, 4.69) is 244 Å². The monoisotopic (exact) mass is 830 g/mol. The molecule has 316 valence electrons. The van der Waals surface area contributed by atoms with Gasteiger partial charge in [0.2, 0.25) is 6.71 Å². The summed E-state index contributed by atoms with van der Waals surface area (Å²) in [6, 6.07) is 60.4. The number of hydrogen-bond acceptors (Lipinski definition) is 2. The zero-order valence-corrected chi connectivity index (χ0v) is 39.5. The molecule has 2 nitrogen and oxygen atoms in total. The number of allylic oxidation sites excluding steroid dienone is 2. The summed E-state index contributed by atoms with van der Waals surface area (Å²) >= 11 is 0. The van der Waals surface area contributed by atoms with Crippen LogP contribution in [0.5, 0.6) is 0 Å². The third-order valence-corrected chi connectivity index (χ3v) is 15.0. The lowest BCUT2D eigenvalue weighted by atomic mass is 9.29. The summed E-state index contributed by atoms with van der Waals surface area (Å²) in [5.41, 5.74) is 26.0. The Morgan fingerprint density at radius 2 is 0.984 bits per heavy atom. The third-order valence-electron chi connectivity index (χ3n) is 15.0.